The standard InChI is InChI=1S/C15H16N4O3/c1-22-10-9-18-15(21)12-13(17-8-7-16-12)19-14(20)11-5-3-2-4-6-11/h2-8H,9-10H2,1H3,(H,18,21)(H,17,19,20). The number of aromatic nitrogens is 2. The zero-order valence-electron chi connectivity index (χ0n) is 12.1. The zero-order chi connectivity index (χ0) is 15.8. The first kappa shape index (κ1) is 15.6. The quantitative estimate of drug-likeness (QED) is 0.779. The number of carbonyl (C=O) groups is 2. The molecule has 0 bridgehead atoms. The second-order valence-corrected chi connectivity index (χ2v) is 4.32. The molecule has 0 atom stereocenters. The topological polar surface area (TPSA) is 93.2 Å². The predicted molar refractivity (Wildman–Crippen MR) is 80.6 cm³/mol. The Morgan fingerprint density at radius 3 is 2.55 bits per heavy atom. The molecule has 1 aromatic heterocycles. The van der Waals surface area contributed by atoms with Crippen molar-refractivity contribution in [3.8, 4) is 0 Å². The summed E-state index contributed by atoms with van der Waals surface area (Å²) in [6.45, 7) is 0.732. The Morgan fingerprint density at radius 2 is 1.82 bits per heavy atom. The fraction of sp³-hybridized carbons (Fsp3) is 0.200. The molecule has 0 spiro atoms. The first-order valence-electron chi connectivity index (χ1n) is 6.67. The maximum atomic E-state index is 12.1. The Labute approximate surface area is 127 Å². The van der Waals surface area contributed by atoms with Gasteiger partial charge in [-0.25, -0.2) is 9.97 Å². The van der Waals surface area contributed by atoms with E-state index in [9.17, 15) is 9.59 Å². The third-order valence-corrected chi connectivity index (χ3v) is 2.77. The molecule has 0 saturated carbocycles. The summed E-state index contributed by atoms with van der Waals surface area (Å²) in [5.74, 6) is -0.660. The van der Waals surface area contributed by atoms with Gasteiger partial charge in [0.1, 0.15) is 0 Å². The maximum absolute atomic E-state index is 12.1. The third-order valence-electron chi connectivity index (χ3n) is 2.77. The van der Waals surface area contributed by atoms with Crippen molar-refractivity contribution >= 4 is 17.6 Å². The highest BCUT2D eigenvalue weighted by atomic mass is 16.5. The SMILES string of the molecule is COCCNC(=O)c1nccnc1NC(=O)c1ccccc1. The minimum Gasteiger partial charge on any atom is -0.383 e. The highest BCUT2D eigenvalue weighted by Crippen LogP contribution is 2.10. The highest BCUT2D eigenvalue weighted by molar-refractivity contribution is 6.07. The van der Waals surface area contributed by atoms with Crippen LogP contribution in [-0.4, -0.2) is 42.0 Å². The van der Waals surface area contributed by atoms with Crippen LogP contribution in [0.2, 0.25) is 0 Å². The number of carbonyl (C=O) groups excluding carboxylic acids is 2. The summed E-state index contributed by atoms with van der Waals surface area (Å²) in [6.07, 6.45) is 2.80. The minimum atomic E-state index is -0.423. The molecule has 0 aliphatic carbocycles. The van der Waals surface area contributed by atoms with E-state index in [0.29, 0.717) is 18.7 Å². The Balaban J connectivity index is 2.11. The second kappa shape index (κ2) is 7.84. The Kier molecular flexibility index (Phi) is 5.56. The van der Waals surface area contributed by atoms with E-state index in [1.165, 1.54) is 12.4 Å². The smallest absolute Gasteiger partial charge is 0.273 e. The van der Waals surface area contributed by atoms with Gasteiger partial charge in [0.25, 0.3) is 11.8 Å². The van der Waals surface area contributed by atoms with E-state index < -0.39 is 5.91 Å². The minimum absolute atomic E-state index is 0.0582. The highest BCUT2D eigenvalue weighted by Gasteiger charge is 2.16. The molecule has 2 aromatic rings. The molecule has 0 aliphatic heterocycles. The Morgan fingerprint density at radius 1 is 1.09 bits per heavy atom. The predicted octanol–water partition coefficient (Wildman–Crippen LogP) is 1.11. The molecule has 114 valence electrons. The zero-order valence-corrected chi connectivity index (χ0v) is 12.1. The molecular formula is C15H16N4O3. The van der Waals surface area contributed by atoms with Crippen molar-refractivity contribution in [1.82, 2.24) is 15.3 Å². The summed E-state index contributed by atoms with van der Waals surface area (Å²) in [7, 11) is 1.54. The fourth-order valence-electron chi connectivity index (χ4n) is 1.72. The van der Waals surface area contributed by atoms with Crippen molar-refractivity contribution in [2.45, 2.75) is 0 Å². The van der Waals surface area contributed by atoms with Gasteiger partial charge in [-0.05, 0) is 12.1 Å². The molecule has 0 aliphatic rings. The number of benzene rings is 1. The number of hydrogen-bond acceptors (Lipinski definition) is 5. The van der Waals surface area contributed by atoms with E-state index in [4.69, 9.17) is 4.74 Å². The molecule has 7 heteroatoms. The van der Waals surface area contributed by atoms with Gasteiger partial charge < -0.3 is 15.4 Å². The van der Waals surface area contributed by atoms with Gasteiger partial charge in [-0.1, -0.05) is 18.2 Å². The van der Waals surface area contributed by atoms with Gasteiger partial charge in [-0.2, -0.15) is 0 Å². The maximum Gasteiger partial charge on any atom is 0.273 e. The van der Waals surface area contributed by atoms with Crippen LogP contribution in [0, 0.1) is 0 Å². The van der Waals surface area contributed by atoms with Gasteiger partial charge in [0.2, 0.25) is 0 Å². The summed E-state index contributed by atoms with van der Waals surface area (Å²) in [6, 6.07) is 8.66. The van der Waals surface area contributed by atoms with E-state index in [0.717, 1.165) is 0 Å². The van der Waals surface area contributed by atoms with E-state index in [-0.39, 0.29) is 17.4 Å². The van der Waals surface area contributed by atoms with Crippen molar-refractivity contribution in [3.63, 3.8) is 0 Å². The second-order valence-electron chi connectivity index (χ2n) is 4.32. The average molecular weight is 300 g/mol. The van der Waals surface area contributed by atoms with Gasteiger partial charge in [0.05, 0.1) is 6.61 Å². The molecule has 1 heterocycles. The van der Waals surface area contributed by atoms with Crippen molar-refractivity contribution in [2.75, 3.05) is 25.6 Å². The average Bonchev–Trinajstić information content (AvgIpc) is 2.56. The summed E-state index contributed by atoms with van der Waals surface area (Å²) in [5, 5.41) is 5.23. The molecule has 0 radical (unpaired) electrons. The lowest BCUT2D eigenvalue weighted by atomic mass is 10.2. The molecule has 2 rings (SSSR count). The van der Waals surface area contributed by atoms with Crippen LogP contribution in [0.15, 0.2) is 42.7 Å². The monoisotopic (exact) mass is 300 g/mol. The van der Waals surface area contributed by atoms with Crippen LogP contribution in [0.5, 0.6) is 0 Å². The summed E-state index contributed by atoms with van der Waals surface area (Å²) >= 11 is 0. The normalized spacial score (nSPS) is 10.0. The van der Waals surface area contributed by atoms with Crippen molar-refractivity contribution < 1.29 is 14.3 Å². The third kappa shape index (κ3) is 4.10. The number of anilines is 1. The van der Waals surface area contributed by atoms with Crippen molar-refractivity contribution in [2.24, 2.45) is 0 Å². The largest absolute Gasteiger partial charge is 0.383 e. The van der Waals surface area contributed by atoms with Crippen LogP contribution >= 0.6 is 0 Å². The molecular weight excluding hydrogens is 284 g/mol. The van der Waals surface area contributed by atoms with Crippen molar-refractivity contribution in [3.05, 3.63) is 54.0 Å². The van der Waals surface area contributed by atoms with Gasteiger partial charge >= 0.3 is 0 Å². The lowest BCUT2D eigenvalue weighted by molar-refractivity contribution is 0.0932. The van der Waals surface area contributed by atoms with Crippen LogP contribution in [-0.2, 0) is 4.74 Å². The molecule has 0 saturated heterocycles. The number of nitrogens with zero attached hydrogens (tertiary/aromatic N) is 2. The molecule has 0 unspecified atom stereocenters. The number of amides is 2. The molecule has 0 fully saturated rings. The van der Waals surface area contributed by atoms with Crippen molar-refractivity contribution in [1.29, 1.82) is 0 Å². The number of nitrogens with one attached hydrogen (secondary N) is 2. The van der Waals surface area contributed by atoms with Gasteiger partial charge in [0.15, 0.2) is 11.5 Å². The number of rotatable bonds is 6. The molecule has 2 amide bonds. The van der Waals surface area contributed by atoms with E-state index in [1.807, 2.05) is 6.07 Å². The first-order chi connectivity index (χ1) is 10.7. The van der Waals surface area contributed by atoms with Crippen LogP contribution in [0.25, 0.3) is 0 Å². The van der Waals surface area contributed by atoms with Crippen LogP contribution in [0.1, 0.15) is 20.8 Å². The lowest BCUT2D eigenvalue weighted by Gasteiger charge is -2.09. The van der Waals surface area contributed by atoms with E-state index in [2.05, 4.69) is 20.6 Å². The number of hydrogen-bond donors (Lipinski definition) is 2. The van der Waals surface area contributed by atoms with Crippen LogP contribution in [0.4, 0.5) is 5.82 Å². The fourth-order valence-corrected chi connectivity index (χ4v) is 1.72. The number of ether oxygens (including phenoxy) is 1. The van der Waals surface area contributed by atoms with Gasteiger partial charge in [-0.3, -0.25) is 9.59 Å². The molecule has 1 aromatic carbocycles. The molecule has 22 heavy (non-hydrogen) atoms. The summed E-state index contributed by atoms with van der Waals surface area (Å²) in [5.41, 5.74) is 0.529. The first-order valence-corrected chi connectivity index (χ1v) is 6.67. The van der Waals surface area contributed by atoms with Gasteiger partial charge in [0, 0.05) is 31.6 Å². The summed E-state index contributed by atoms with van der Waals surface area (Å²) in [4.78, 5) is 32.1. The molecule has 7 nitrogen and oxygen atoms in total. The van der Waals surface area contributed by atoms with Gasteiger partial charge in [-0.15, -0.1) is 0 Å². The van der Waals surface area contributed by atoms with Crippen LogP contribution in [0.3, 0.4) is 0 Å². The van der Waals surface area contributed by atoms with E-state index in [1.54, 1.807) is 31.4 Å². The molecule has 2 N–H and O–H groups in total. The van der Waals surface area contributed by atoms with E-state index >= 15 is 0 Å². The Bertz CT molecular complexity index is 646. The number of methoxy groups -OCH3 is 1. The lowest BCUT2D eigenvalue weighted by Crippen LogP contribution is -2.29. The summed E-state index contributed by atoms with van der Waals surface area (Å²) < 4.78 is 4.86. The Hall–Kier alpha value is -2.80. The van der Waals surface area contributed by atoms with Crippen LogP contribution < -0.4 is 10.6 Å².